The molecule has 0 saturated carbocycles. The summed E-state index contributed by atoms with van der Waals surface area (Å²) in [6.45, 7) is 3.10. The fourth-order valence-electron chi connectivity index (χ4n) is 0.935. The predicted molar refractivity (Wildman–Crippen MR) is 55.7 cm³/mol. The molecule has 4 nitrogen and oxygen atoms in total. The van der Waals surface area contributed by atoms with Crippen molar-refractivity contribution in [3.8, 4) is 0 Å². The molecule has 7 heteroatoms. The number of alkyl carbamates (subject to hydrolysis) is 1. The molecule has 0 heterocycles. The van der Waals surface area contributed by atoms with Crippen molar-refractivity contribution in [3.05, 3.63) is 0 Å². The summed E-state index contributed by atoms with van der Waals surface area (Å²) in [6, 6.07) is 0. The van der Waals surface area contributed by atoms with E-state index < -0.39 is 18.9 Å². The summed E-state index contributed by atoms with van der Waals surface area (Å²) < 4.78 is 44.2. The second-order valence-corrected chi connectivity index (χ2v) is 3.74. The Morgan fingerprint density at radius 3 is 2.47 bits per heavy atom. The number of carbonyl (C=O) groups excluding carboxylic acids is 1. The van der Waals surface area contributed by atoms with Gasteiger partial charge in [-0.1, -0.05) is 0 Å². The lowest BCUT2D eigenvalue weighted by atomic mass is 10.3. The van der Waals surface area contributed by atoms with Gasteiger partial charge in [0.2, 0.25) is 0 Å². The van der Waals surface area contributed by atoms with E-state index in [1.54, 1.807) is 0 Å². The van der Waals surface area contributed by atoms with E-state index >= 15 is 0 Å². The number of amides is 1. The zero-order valence-corrected chi connectivity index (χ0v) is 9.97. The van der Waals surface area contributed by atoms with E-state index in [1.165, 1.54) is 0 Å². The molecule has 1 N–H and O–H groups in total. The molecule has 17 heavy (non-hydrogen) atoms. The van der Waals surface area contributed by atoms with Crippen molar-refractivity contribution in [2.45, 2.75) is 39.0 Å². The average molecular weight is 257 g/mol. The first-order chi connectivity index (χ1) is 7.81. The molecule has 0 unspecified atom stereocenters. The fourth-order valence-corrected chi connectivity index (χ4v) is 0.935. The molecule has 0 bridgehead atoms. The van der Waals surface area contributed by atoms with Crippen LogP contribution in [0.3, 0.4) is 0 Å². The topological polar surface area (TPSA) is 47.6 Å². The van der Waals surface area contributed by atoms with Crippen molar-refractivity contribution in [1.82, 2.24) is 5.32 Å². The van der Waals surface area contributed by atoms with Gasteiger partial charge < -0.3 is 14.8 Å². The molecule has 0 aliphatic heterocycles. The van der Waals surface area contributed by atoms with Crippen LogP contribution in [0.1, 0.15) is 26.7 Å². The van der Waals surface area contributed by atoms with Crippen LogP contribution in [0.4, 0.5) is 18.0 Å². The molecule has 0 aliphatic carbocycles. The zero-order chi connectivity index (χ0) is 13.3. The number of alkyl halides is 3. The summed E-state index contributed by atoms with van der Waals surface area (Å²) in [6.07, 6.45) is -4.01. The lowest BCUT2D eigenvalue weighted by Gasteiger charge is -2.09. The van der Waals surface area contributed by atoms with Crippen LogP contribution >= 0.6 is 0 Å². The summed E-state index contributed by atoms with van der Waals surface area (Å²) in [5, 5.41) is 2.23. The van der Waals surface area contributed by atoms with E-state index in [1.807, 2.05) is 13.8 Å². The van der Waals surface area contributed by atoms with Gasteiger partial charge in [-0.3, -0.25) is 0 Å². The minimum absolute atomic E-state index is 0.153. The minimum atomic E-state index is -4.48. The summed E-state index contributed by atoms with van der Waals surface area (Å²) in [5.41, 5.74) is 0. The lowest BCUT2D eigenvalue weighted by molar-refractivity contribution is -0.160. The second kappa shape index (κ2) is 8.16. The van der Waals surface area contributed by atoms with E-state index in [2.05, 4.69) is 10.1 Å². The normalized spacial score (nSPS) is 11.6. The fraction of sp³-hybridized carbons (Fsp3) is 0.900. The first-order valence-corrected chi connectivity index (χ1v) is 5.40. The Balaban J connectivity index is 3.34. The second-order valence-electron chi connectivity index (χ2n) is 3.74. The van der Waals surface area contributed by atoms with E-state index in [0.717, 1.165) is 6.42 Å². The molecule has 0 aliphatic rings. The van der Waals surface area contributed by atoms with E-state index in [9.17, 15) is 18.0 Å². The highest BCUT2D eigenvalue weighted by Gasteiger charge is 2.29. The summed E-state index contributed by atoms with van der Waals surface area (Å²) in [7, 11) is 0. The average Bonchev–Trinajstić information content (AvgIpc) is 2.19. The molecule has 0 radical (unpaired) electrons. The Kier molecular flexibility index (Phi) is 7.69. The molecular weight excluding hydrogens is 239 g/mol. The molecule has 0 atom stereocenters. The molecule has 0 aromatic carbocycles. The highest BCUT2D eigenvalue weighted by atomic mass is 19.4. The number of halogens is 3. The number of hydrogen-bond donors (Lipinski definition) is 1. The molecule has 102 valence electrons. The lowest BCUT2D eigenvalue weighted by Crippen LogP contribution is -2.29. The van der Waals surface area contributed by atoms with E-state index in [0.29, 0.717) is 13.0 Å². The number of ether oxygens (including phenoxy) is 2. The maximum absolute atomic E-state index is 11.7. The van der Waals surface area contributed by atoms with Gasteiger partial charge >= 0.3 is 12.3 Å². The number of unbranched alkanes of at least 4 members (excludes halogenated alkanes) is 1. The van der Waals surface area contributed by atoms with Crippen LogP contribution in [0.15, 0.2) is 0 Å². The predicted octanol–water partition coefficient (Wildman–Crippen LogP) is 2.48. The van der Waals surface area contributed by atoms with Crippen molar-refractivity contribution in [3.63, 3.8) is 0 Å². The molecular formula is C10H18F3NO3. The van der Waals surface area contributed by atoms with Crippen molar-refractivity contribution in [1.29, 1.82) is 0 Å². The van der Waals surface area contributed by atoms with Gasteiger partial charge in [-0.25, -0.2) is 4.79 Å². The van der Waals surface area contributed by atoms with Gasteiger partial charge in [-0.15, -0.1) is 0 Å². The van der Waals surface area contributed by atoms with Crippen molar-refractivity contribution in [2.75, 3.05) is 19.8 Å². The summed E-state index contributed by atoms with van der Waals surface area (Å²) >= 11 is 0. The maximum Gasteiger partial charge on any atom is 0.422 e. The Hall–Kier alpha value is -0.980. The molecule has 0 spiro atoms. The maximum atomic E-state index is 11.7. The van der Waals surface area contributed by atoms with Crippen LogP contribution < -0.4 is 5.32 Å². The number of carbonyl (C=O) groups is 1. The monoisotopic (exact) mass is 257 g/mol. The highest BCUT2D eigenvalue weighted by Crippen LogP contribution is 2.14. The van der Waals surface area contributed by atoms with E-state index in [-0.39, 0.29) is 12.6 Å². The Bertz CT molecular complexity index is 219. The van der Waals surface area contributed by atoms with Crippen LogP contribution in [-0.4, -0.2) is 38.1 Å². The molecule has 0 rings (SSSR count). The third kappa shape index (κ3) is 13.0. The minimum Gasteiger partial charge on any atom is -0.440 e. The standard InChI is InChI=1S/C10H18F3NO3/c1-8(2)16-6-4-3-5-14-9(15)17-7-10(11,12)13/h8H,3-7H2,1-2H3,(H,14,15). The van der Waals surface area contributed by atoms with Crippen molar-refractivity contribution >= 4 is 6.09 Å². The van der Waals surface area contributed by atoms with Crippen LogP contribution in [0.2, 0.25) is 0 Å². The van der Waals surface area contributed by atoms with Crippen molar-refractivity contribution < 1.29 is 27.4 Å². The van der Waals surface area contributed by atoms with Crippen LogP contribution in [0.25, 0.3) is 0 Å². The van der Waals surface area contributed by atoms with Gasteiger partial charge in [0.1, 0.15) is 0 Å². The number of nitrogens with one attached hydrogen (secondary N) is 1. The van der Waals surface area contributed by atoms with Crippen molar-refractivity contribution in [2.24, 2.45) is 0 Å². The third-order valence-corrected chi connectivity index (χ3v) is 1.66. The van der Waals surface area contributed by atoms with Gasteiger partial charge in [-0.05, 0) is 26.7 Å². The first kappa shape index (κ1) is 16.0. The summed E-state index contributed by atoms with van der Waals surface area (Å²) in [5.74, 6) is 0. The third-order valence-electron chi connectivity index (χ3n) is 1.66. The highest BCUT2D eigenvalue weighted by molar-refractivity contribution is 5.67. The van der Waals surface area contributed by atoms with Gasteiger partial charge in [0.05, 0.1) is 6.10 Å². The van der Waals surface area contributed by atoms with Gasteiger partial charge in [0.25, 0.3) is 0 Å². The summed E-state index contributed by atoms with van der Waals surface area (Å²) in [4.78, 5) is 10.8. The van der Waals surface area contributed by atoms with Gasteiger partial charge in [0, 0.05) is 13.2 Å². The molecule has 0 aromatic rings. The van der Waals surface area contributed by atoms with Gasteiger partial charge in [-0.2, -0.15) is 13.2 Å². The SMILES string of the molecule is CC(C)OCCCCNC(=O)OCC(F)(F)F. The van der Waals surface area contributed by atoms with Crippen LogP contribution in [0.5, 0.6) is 0 Å². The molecule has 0 saturated heterocycles. The Labute approximate surface area is 98.5 Å². The smallest absolute Gasteiger partial charge is 0.422 e. The van der Waals surface area contributed by atoms with E-state index in [4.69, 9.17) is 4.74 Å². The molecule has 0 aromatic heterocycles. The Morgan fingerprint density at radius 2 is 1.94 bits per heavy atom. The largest absolute Gasteiger partial charge is 0.440 e. The van der Waals surface area contributed by atoms with Crippen LogP contribution in [-0.2, 0) is 9.47 Å². The molecule has 0 fully saturated rings. The number of rotatable bonds is 7. The Morgan fingerprint density at radius 1 is 1.29 bits per heavy atom. The quantitative estimate of drug-likeness (QED) is 0.713. The molecule has 1 amide bonds. The van der Waals surface area contributed by atoms with Crippen LogP contribution in [0, 0.1) is 0 Å². The van der Waals surface area contributed by atoms with Gasteiger partial charge in [0.15, 0.2) is 6.61 Å². The zero-order valence-electron chi connectivity index (χ0n) is 9.97. The number of hydrogen-bond acceptors (Lipinski definition) is 3. The first-order valence-electron chi connectivity index (χ1n) is 5.40.